The number of fused-ring (bicyclic) bond motifs is 1. The summed E-state index contributed by atoms with van der Waals surface area (Å²) in [7, 11) is 0. The molecule has 1 aliphatic rings. The van der Waals surface area contributed by atoms with Crippen molar-refractivity contribution in [3.63, 3.8) is 0 Å². The molecule has 0 spiro atoms. The SMILES string of the molecule is Cc1cc(-c2c(F)cc(F)cc2[N+](=O)[O-])c(Cl)c2c1NC(C)(C)[C@H](O)[C@H]2C. The fraction of sp³-hybridized carbons (Fsp3) is 0.368. The zero-order valence-corrected chi connectivity index (χ0v) is 16.0. The highest BCUT2D eigenvalue weighted by Gasteiger charge is 2.41. The van der Waals surface area contributed by atoms with Crippen LogP contribution in [0.2, 0.25) is 5.02 Å². The third kappa shape index (κ3) is 3.04. The number of nitrogens with one attached hydrogen (secondary N) is 1. The van der Waals surface area contributed by atoms with E-state index >= 15 is 0 Å². The predicted octanol–water partition coefficient (Wildman–Crippen LogP) is 5.17. The molecule has 5 nitrogen and oxygen atoms in total. The van der Waals surface area contributed by atoms with Crippen molar-refractivity contribution in [2.45, 2.75) is 45.3 Å². The summed E-state index contributed by atoms with van der Waals surface area (Å²) in [6.45, 7) is 7.25. The van der Waals surface area contributed by atoms with Crippen LogP contribution in [0.25, 0.3) is 11.1 Å². The van der Waals surface area contributed by atoms with Crippen LogP contribution in [0, 0.1) is 28.7 Å². The summed E-state index contributed by atoms with van der Waals surface area (Å²) in [5.41, 5.74) is 0.352. The maximum Gasteiger partial charge on any atom is 0.283 e. The fourth-order valence-electron chi connectivity index (χ4n) is 3.74. The molecule has 1 aliphatic heterocycles. The molecule has 0 fully saturated rings. The van der Waals surface area contributed by atoms with Crippen LogP contribution in [0.15, 0.2) is 18.2 Å². The first-order chi connectivity index (χ1) is 12.5. The molecule has 144 valence electrons. The van der Waals surface area contributed by atoms with Crippen LogP contribution < -0.4 is 5.32 Å². The summed E-state index contributed by atoms with van der Waals surface area (Å²) in [6, 6.07) is 2.80. The van der Waals surface area contributed by atoms with Crippen molar-refractivity contribution < 1.29 is 18.8 Å². The average molecular weight is 397 g/mol. The molecule has 0 saturated carbocycles. The number of aliphatic hydroxyl groups excluding tert-OH is 1. The molecule has 2 aromatic rings. The number of anilines is 1. The zero-order valence-electron chi connectivity index (χ0n) is 15.2. The van der Waals surface area contributed by atoms with Gasteiger partial charge in [-0.3, -0.25) is 10.1 Å². The lowest BCUT2D eigenvalue weighted by Gasteiger charge is -2.43. The van der Waals surface area contributed by atoms with Gasteiger partial charge in [-0.15, -0.1) is 0 Å². The van der Waals surface area contributed by atoms with Gasteiger partial charge in [-0.1, -0.05) is 18.5 Å². The van der Waals surface area contributed by atoms with Crippen LogP contribution in [-0.2, 0) is 0 Å². The minimum Gasteiger partial charge on any atom is -0.390 e. The van der Waals surface area contributed by atoms with E-state index in [4.69, 9.17) is 11.6 Å². The minimum atomic E-state index is -1.07. The van der Waals surface area contributed by atoms with E-state index in [-0.39, 0.29) is 16.1 Å². The zero-order chi connectivity index (χ0) is 20.3. The number of hydrogen-bond acceptors (Lipinski definition) is 4. The van der Waals surface area contributed by atoms with Gasteiger partial charge in [0.2, 0.25) is 0 Å². The number of aliphatic hydroxyl groups is 1. The Balaban J connectivity index is 2.34. The number of halogens is 3. The summed E-state index contributed by atoms with van der Waals surface area (Å²) in [6.07, 6.45) is -0.787. The number of nitro groups is 1. The van der Waals surface area contributed by atoms with E-state index in [1.165, 1.54) is 6.07 Å². The molecular formula is C19H19ClF2N2O3. The Morgan fingerprint density at radius 3 is 2.52 bits per heavy atom. The first-order valence-corrected chi connectivity index (χ1v) is 8.76. The van der Waals surface area contributed by atoms with Gasteiger partial charge < -0.3 is 10.4 Å². The quantitative estimate of drug-likeness (QED) is 0.542. The molecule has 0 aromatic heterocycles. The molecule has 0 unspecified atom stereocenters. The first kappa shape index (κ1) is 19.5. The summed E-state index contributed by atoms with van der Waals surface area (Å²) < 4.78 is 28.0. The van der Waals surface area contributed by atoms with Gasteiger partial charge in [-0.2, -0.15) is 0 Å². The first-order valence-electron chi connectivity index (χ1n) is 8.38. The monoisotopic (exact) mass is 396 g/mol. The second kappa shape index (κ2) is 6.42. The van der Waals surface area contributed by atoms with Crippen LogP contribution in [0.4, 0.5) is 20.2 Å². The summed E-state index contributed by atoms with van der Waals surface area (Å²) >= 11 is 6.54. The van der Waals surface area contributed by atoms with Crippen LogP contribution >= 0.6 is 11.6 Å². The molecule has 0 aliphatic carbocycles. The average Bonchev–Trinajstić information content (AvgIpc) is 2.55. The van der Waals surface area contributed by atoms with Crippen molar-refractivity contribution in [2.75, 3.05) is 5.32 Å². The van der Waals surface area contributed by atoms with E-state index in [0.29, 0.717) is 28.9 Å². The van der Waals surface area contributed by atoms with Crippen molar-refractivity contribution in [1.29, 1.82) is 0 Å². The van der Waals surface area contributed by atoms with Crippen LogP contribution in [0.3, 0.4) is 0 Å². The summed E-state index contributed by atoms with van der Waals surface area (Å²) in [4.78, 5) is 10.5. The highest BCUT2D eigenvalue weighted by Crippen LogP contribution is 2.49. The van der Waals surface area contributed by atoms with Gasteiger partial charge >= 0.3 is 0 Å². The Kier molecular flexibility index (Phi) is 4.64. The van der Waals surface area contributed by atoms with E-state index in [2.05, 4.69) is 5.32 Å². The maximum atomic E-state index is 14.5. The topological polar surface area (TPSA) is 75.4 Å². The lowest BCUT2D eigenvalue weighted by Crippen LogP contribution is -2.50. The van der Waals surface area contributed by atoms with Crippen molar-refractivity contribution >= 4 is 23.0 Å². The second-order valence-corrected chi connectivity index (χ2v) is 7.84. The van der Waals surface area contributed by atoms with Crippen LogP contribution in [-0.4, -0.2) is 21.7 Å². The normalized spacial score (nSPS) is 20.7. The Morgan fingerprint density at radius 2 is 1.93 bits per heavy atom. The van der Waals surface area contributed by atoms with Gasteiger partial charge in [0.15, 0.2) is 0 Å². The van der Waals surface area contributed by atoms with Gasteiger partial charge in [0, 0.05) is 28.8 Å². The van der Waals surface area contributed by atoms with Gasteiger partial charge in [-0.25, -0.2) is 8.78 Å². The van der Waals surface area contributed by atoms with E-state index in [1.54, 1.807) is 13.8 Å². The Morgan fingerprint density at radius 1 is 1.30 bits per heavy atom. The molecule has 27 heavy (non-hydrogen) atoms. The van der Waals surface area contributed by atoms with Gasteiger partial charge in [0.05, 0.1) is 33.2 Å². The van der Waals surface area contributed by atoms with Crippen molar-refractivity contribution in [3.8, 4) is 11.1 Å². The fourth-order valence-corrected chi connectivity index (χ4v) is 4.16. The van der Waals surface area contributed by atoms with Gasteiger partial charge in [-0.05, 0) is 32.4 Å². The minimum absolute atomic E-state index is 0.0951. The molecule has 8 heteroatoms. The highest BCUT2D eigenvalue weighted by atomic mass is 35.5. The Hall–Kier alpha value is -2.25. The Labute approximate surface area is 160 Å². The molecule has 0 saturated heterocycles. The summed E-state index contributed by atoms with van der Waals surface area (Å²) in [5.74, 6) is -2.51. The highest BCUT2D eigenvalue weighted by molar-refractivity contribution is 6.35. The van der Waals surface area contributed by atoms with E-state index in [0.717, 1.165) is 0 Å². The van der Waals surface area contributed by atoms with Crippen molar-refractivity contribution in [1.82, 2.24) is 0 Å². The molecule has 0 radical (unpaired) electrons. The second-order valence-electron chi connectivity index (χ2n) is 7.46. The maximum absolute atomic E-state index is 14.5. The van der Waals surface area contributed by atoms with Crippen LogP contribution in [0.5, 0.6) is 0 Å². The lowest BCUT2D eigenvalue weighted by atomic mass is 9.77. The molecule has 2 atom stereocenters. The number of rotatable bonds is 2. The number of benzene rings is 2. The molecule has 0 amide bonds. The van der Waals surface area contributed by atoms with E-state index in [9.17, 15) is 24.0 Å². The molecule has 1 heterocycles. The number of nitro benzene ring substituents is 1. The lowest BCUT2D eigenvalue weighted by molar-refractivity contribution is -0.384. The summed E-state index contributed by atoms with van der Waals surface area (Å²) in [5, 5.41) is 25.3. The molecule has 0 bridgehead atoms. The number of nitrogens with zero attached hydrogens (tertiary/aromatic N) is 1. The molecular weight excluding hydrogens is 378 g/mol. The van der Waals surface area contributed by atoms with Crippen molar-refractivity contribution in [3.05, 3.63) is 56.1 Å². The third-order valence-corrected chi connectivity index (χ3v) is 5.52. The molecule has 2 N–H and O–H groups in total. The van der Waals surface area contributed by atoms with Crippen LogP contribution in [0.1, 0.15) is 37.8 Å². The van der Waals surface area contributed by atoms with Crippen molar-refractivity contribution in [2.24, 2.45) is 0 Å². The molecule has 2 aromatic carbocycles. The third-order valence-electron chi connectivity index (χ3n) is 5.11. The van der Waals surface area contributed by atoms with E-state index in [1.807, 2.05) is 13.8 Å². The van der Waals surface area contributed by atoms with Gasteiger partial charge in [0.1, 0.15) is 11.6 Å². The predicted molar refractivity (Wildman–Crippen MR) is 100 cm³/mol. The Bertz CT molecular complexity index is 963. The molecule has 3 rings (SSSR count). The number of hydrogen-bond donors (Lipinski definition) is 2. The number of aryl methyl sites for hydroxylation is 1. The smallest absolute Gasteiger partial charge is 0.283 e. The van der Waals surface area contributed by atoms with Gasteiger partial charge in [0.25, 0.3) is 5.69 Å². The van der Waals surface area contributed by atoms with E-state index < -0.39 is 39.8 Å². The largest absolute Gasteiger partial charge is 0.390 e. The standard InChI is InChI=1S/C19H19ClF2N2O3/c1-8-5-11(15-12(22)6-10(21)7-13(15)24(26)27)16(20)14-9(2)18(25)19(3,4)23-17(8)14/h5-7,9,18,23,25H,1-4H3/t9-,18+/m0/s1.